The van der Waals surface area contributed by atoms with Gasteiger partial charge in [-0.05, 0) is 30.3 Å². The van der Waals surface area contributed by atoms with Crippen LogP contribution in [0.2, 0.25) is 0 Å². The van der Waals surface area contributed by atoms with Gasteiger partial charge in [0.25, 0.3) is 5.91 Å². The van der Waals surface area contributed by atoms with Crippen molar-refractivity contribution in [2.24, 2.45) is 0 Å². The average Bonchev–Trinajstić information content (AvgIpc) is 2.47. The molecule has 1 amide bonds. The highest BCUT2D eigenvalue weighted by Crippen LogP contribution is 2.17. The minimum Gasteiger partial charge on any atom is -0.322 e. The van der Waals surface area contributed by atoms with Crippen LogP contribution in [-0.4, -0.2) is 15.9 Å². The molecular formula is C15H10FN3O. The van der Waals surface area contributed by atoms with Crippen molar-refractivity contribution in [2.45, 2.75) is 0 Å². The Bertz CT molecular complexity index is 789. The third-order valence-electron chi connectivity index (χ3n) is 2.85. The second-order valence-electron chi connectivity index (χ2n) is 4.23. The van der Waals surface area contributed by atoms with E-state index in [1.54, 1.807) is 12.3 Å². The topological polar surface area (TPSA) is 54.9 Å². The fourth-order valence-corrected chi connectivity index (χ4v) is 1.90. The van der Waals surface area contributed by atoms with Crippen molar-refractivity contribution in [1.29, 1.82) is 0 Å². The molecule has 20 heavy (non-hydrogen) atoms. The first kappa shape index (κ1) is 12.2. The molecule has 3 rings (SSSR count). The molecular weight excluding hydrogens is 257 g/mol. The molecule has 5 heteroatoms. The molecule has 0 aliphatic carbocycles. The zero-order valence-corrected chi connectivity index (χ0v) is 10.4. The van der Waals surface area contributed by atoms with Crippen LogP contribution in [0.5, 0.6) is 0 Å². The number of anilines is 1. The van der Waals surface area contributed by atoms with Gasteiger partial charge in [0.05, 0.1) is 5.52 Å². The van der Waals surface area contributed by atoms with Crippen molar-refractivity contribution >= 4 is 22.5 Å². The van der Waals surface area contributed by atoms with Gasteiger partial charge >= 0.3 is 0 Å². The standard InChI is InChI=1S/C15H10FN3O/c16-14-9-11(5-7-18-14)15(20)19-12-3-4-13-10(8-12)2-1-6-17-13/h1-9H,(H,19,20). The molecule has 1 N–H and O–H groups in total. The summed E-state index contributed by atoms with van der Waals surface area (Å²) in [5.74, 6) is -1.06. The number of aromatic nitrogens is 2. The molecule has 0 aliphatic rings. The van der Waals surface area contributed by atoms with Gasteiger partial charge in [-0.3, -0.25) is 9.78 Å². The molecule has 98 valence electrons. The first-order valence-corrected chi connectivity index (χ1v) is 6.00. The van der Waals surface area contributed by atoms with Crippen LogP contribution in [0.1, 0.15) is 10.4 Å². The number of halogens is 1. The second-order valence-corrected chi connectivity index (χ2v) is 4.23. The third kappa shape index (κ3) is 2.47. The Kier molecular flexibility index (Phi) is 3.09. The van der Waals surface area contributed by atoms with Crippen LogP contribution in [0.15, 0.2) is 54.9 Å². The summed E-state index contributed by atoms with van der Waals surface area (Å²) in [6.45, 7) is 0. The Morgan fingerprint density at radius 2 is 1.95 bits per heavy atom. The number of pyridine rings is 2. The van der Waals surface area contributed by atoms with Gasteiger partial charge in [0.2, 0.25) is 5.95 Å². The van der Waals surface area contributed by atoms with Crippen LogP contribution in [0, 0.1) is 5.95 Å². The van der Waals surface area contributed by atoms with Crippen LogP contribution in [0.4, 0.5) is 10.1 Å². The van der Waals surface area contributed by atoms with Crippen molar-refractivity contribution in [3.05, 3.63) is 66.4 Å². The van der Waals surface area contributed by atoms with Crippen molar-refractivity contribution in [3.63, 3.8) is 0 Å². The summed E-state index contributed by atoms with van der Waals surface area (Å²) in [6.07, 6.45) is 2.97. The molecule has 0 saturated carbocycles. The van der Waals surface area contributed by atoms with E-state index in [2.05, 4.69) is 15.3 Å². The molecule has 2 heterocycles. The van der Waals surface area contributed by atoms with E-state index in [9.17, 15) is 9.18 Å². The largest absolute Gasteiger partial charge is 0.322 e. The van der Waals surface area contributed by atoms with Crippen molar-refractivity contribution in [3.8, 4) is 0 Å². The summed E-state index contributed by atoms with van der Waals surface area (Å²) < 4.78 is 13.0. The lowest BCUT2D eigenvalue weighted by Crippen LogP contribution is -2.12. The average molecular weight is 267 g/mol. The monoisotopic (exact) mass is 267 g/mol. The summed E-state index contributed by atoms with van der Waals surface area (Å²) in [6, 6.07) is 11.7. The number of carbonyl (C=O) groups excluding carboxylic acids is 1. The predicted molar refractivity (Wildman–Crippen MR) is 73.9 cm³/mol. The van der Waals surface area contributed by atoms with E-state index in [1.165, 1.54) is 12.3 Å². The lowest BCUT2D eigenvalue weighted by atomic mass is 10.2. The fraction of sp³-hybridized carbons (Fsp3) is 0. The summed E-state index contributed by atoms with van der Waals surface area (Å²) in [4.78, 5) is 19.6. The Morgan fingerprint density at radius 3 is 2.80 bits per heavy atom. The van der Waals surface area contributed by atoms with Crippen LogP contribution >= 0.6 is 0 Å². The Balaban J connectivity index is 1.87. The van der Waals surface area contributed by atoms with Crippen LogP contribution in [-0.2, 0) is 0 Å². The normalized spacial score (nSPS) is 10.4. The number of amides is 1. The number of nitrogens with zero attached hydrogens (tertiary/aromatic N) is 2. The SMILES string of the molecule is O=C(Nc1ccc2ncccc2c1)c1ccnc(F)c1. The Hall–Kier alpha value is -2.82. The van der Waals surface area contributed by atoms with E-state index in [-0.39, 0.29) is 11.5 Å². The van der Waals surface area contributed by atoms with Gasteiger partial charge in [0.15, 0.2) is 0 Å². The smallest absolute Gasteiger partial charge is 0.255 e. The summed E-state index contributed by atoms with van der Waals surface area (Å²) in [7, 11) is 0. The number of benzene rings is 1. The molecule has 3 aromatic rings. The minimum atomic E-state index is -0.680. The first-order chi connectivity index (χ1) is 9.72. The number of fused-ring (bicyclic) bond motifs is 1. The molecule has 0 unspecified atom stereocenters. The second kappa shape index (κ2) is 5.05. The molecule has 0 atom stereocenters. The summed E-state index contributed by atoms with van der Waals surface area (Å²) in [5, 5.41) is 3.64. The lowest BCUT2D eigenvalue weighted by molar-refractivity contribution is 0.102. The van der Waals surface area contributed by atoms with E-state index in [0.29, 0.717) is 5.69 Å². The highest BCUT2D eigenvalue weighted by atomic mass is 19.1. The maximum Gasteiger partial charge on any atom is 0.255 e. The molecule has 1 aromatic carbocycles. The number of hydrogen-bond acceptors (Lipinski definition) is 3. The van der Waals surface area contributed by atoms with Gasteiger partial charge < -0.3 is 5.32 Å². The summed E-state index contributed by atoms with van der Waals surface area (Å²) >= 11 is 0. The van der Waals surface area contributed by atoms with E-state index in [4.69, 9.17) is 0 Å². The molecule has 0 radical (unpaired) electrons. The number of nitrogens with one attached hydrogen (secondary N) is 1. The molecule has 0 saturated heterocycles. The molecule has 0 aliphatic heterocycles. The van der Waals surface area contributed by atoms with E-state index in [1.807, 2.05) is 24.3 Å². The first-order valence-electron chi connectivity index (χ1n) is 6.00. The maximum atomic E-state index is 13.0. The van der Waals surface area contributed by atoms with Crippen molar-refractivity contribution in [2.75, 3.05) is 5.32 Å². The minimum absolute atomic E-state index is 0.226. The Morgan fingerprint density at radius 1 is 1.05 bits per heavy atom. The predicted octanol–water partition coefficient (Wildman–Crippen LogP) is 3.02. The third-order valence-corrected chi connectivity index (χ3v) is 2.85. The van der Waals surface area contributed by atoms with Gasteiger partial charge in [0, 0.05) is 35.1 Å². The fourth-order valence-electron chi connectivity index (χ4n) is 1.90. The number of hydrogen-bond donors (Lipinski definition) is 1. The van der Waals surface area contributed by atoms with Crippen molar-refractivity contribution < 1.29 is 9.18 Å². The van der Waals surface area contributed by atoms with Gasteiger partial charge in [-0.25, -0.2) is 4.98 Å². The van der Waals surface area contributed by atoms with E-state index >= 15 is 0 Å². The lowest BCUT2D eigenvalue weighted by Gasteiger charge is -2.06. The molecule has 2 aromatic heterocycles. The quantitative estimate of drug-likeness (QED) is 0.726. The van der Waals surface area contributed by atoms with Gasteiger partial charge in [0.1, 0.15) is 0 Å². The molecule has 0 bridgehead atoms. The summed E-state index contributed by atoms with van der Waals surface area (Å²) in [5.41, 5.74) is 1.71. The van der Waals surface area contributed by atoms with E-state index < -0.39 is 5.95 Å². The highest BCUT2D eigenvalue weighted by molar-refractivity contribution is 6.05. The van der Waals surface area contributed by atoms with Gasteiger partial charge in [-0.15, -0.1) is 0 Å². The van der Waals surface area contributed by atoms with Crippen LogP contribution < -0.4 is 5.32 Å². The zero-order valence-electron chi connectivity index (χ0n) is 10.4. The molecule has 4 nitrogen and oxygen atoms in total. The Labute approximate surface area is 114 Å². The van der Waals surface area contributed by atoms with Crippen LogP contribution in [0.3, 0.4) is 0 Å². The van der Waals surface area contributed by atoms with E-state index in [0.717, 1.165) is 17.0 Å². The highest BCUT2D eigenvalue weighted by Gasteiger charge is 2.07. The number of rotatable bonds is 2. The molecule has 0 spiro atoms. The van der Waals surface area contributed by atoms with Gasteiger partial charge in [-0.2, -0.15) is 4.39 Å². The molecule has 0 fully saturated rings. The maximum absolute atomic E-state index is 13.0. The van der Waals surface area contributed by atoms with Crippen LogP contribution in [0.25, 0.3) is 10.9 Å². The van der Waals surface area contributed by atoms with Crippen molar-refractivity contribution in [1.82, 2.24) is 9.97 Å². The zero-order chi connectivity index (χ0) is 13.9. The number of carbonyl (C=O) groups is 1. The van der Waals surface area contributed by atoms with Gasteiger partial charge in [-0.1, -0.05) is 6.07 Å².